The molecule has 1 heterocycles. The molecule has 0 atom stereocenters. The fourth-order valence-corrected chi connectivity index (χ4v) is 1.69. The van der Waals surface area contributed by atoms with Gasteiger partial charge < -0.3 is 15.8 Å². The minimum Gasteiger partial charge on any atom is -0.448 e. The molecule has 0 spiro atoms. The molecular weight excluding hydrogens is 202 g/mol. The van der Waals surface area contributed by atoms with Crippen molar-refractivity contribution < 1.29 is 9.53 Å². The van der Waals surface area contributed by atoms with E-state index in [1.165, 1.54) is 4.88 Å². The molecule has 0 aliphatic heterocycles. The predicted molar refractivity (Wildman–Crippen MR) is 54.1 cm³/mol. The van der Waals surface area contributed by atoms with Gasteiger partial charge in [0, 0.05) is 24.2 Å². The van der Waals surface area contributed by atoms with Gasteiger partial charge >= 0.3 is 6.09 Å². The number of aromatic nitrogens is 1. The Balaban J connectivity index is 2.07. The Bertz CT molecular complexity index is 301. The first-order valence-electron chi connectivity index (χ1n) is 4.22. The fourth-order valence-electron chi connectivity index (χ4n) is 0.922. The van der Waals surface area contributed by atoms with Crippen molar-refractivity contribution in [3.05, 3.63) is 16.1 Å². The van der Waals surface area contributed by atoms with Crippen LogP contribution in [0.4, 0.5) is 4.79 Å². The van der Waals surface area contributed by atoms with E-state index in [4.69, 9.17) is 5.73 Å². The van der Waals surface area contributed by atoms with E-state index in [-0.39, 0.29) is 0 Å². The second kappa shape index (κ2) is 5.56. The average Bonchev–Trinajstić information content (AvgIpc) is 2.50. The van der Waals surface area contributed by atoms with Gasteiger partial charge in [-0.3, -0.25) is 0 Å². The average molecular weight is 215 g/mol. The van der Waals surface area contributed by atoms with Crippen molar-refractivity contribution in [3.8, 4) is 0 Å². The molecule has 78 valence electrons. The van der Waals surface area contributed by atoms with Crippen molar-refractivity contribution in [1.29, 1.82) is 0 Å². The van der Waals surface area contributed by atoms with Crippen LogP contribution in [-0.2, 0) is 11.3 Å². The summed E-state index contributed by atoms with van der Waals surface area (Å²) in [5.41, 5.74) is 4.79. The van der Waals surface area contributed by atoms with Crippen molar-refractivity contribution in [2.45, 2.75) is 13.5 Å². The van der Waals surface area contributed by atoms with E-state index in [1.807, 2.05) is 13.1 Å². The highest BCUT2D eigenvalue weighted by atomic mass is 32.1. The van der Waals surface area contributed by atoms with Crippen LogP contribution < -0.4 is 11.1 Å². The van der Waals surface area contributed by atoms with E-state index >= 15 is 0 Å². The zero-order valence-electron chi connectivity index (χ0n) is 7.95. The quantitative estimate of drug-likeness (QED) is 0.706. The lowest BCUT2D eigenvalue weighted by molar-refractivity contribution is 0.157. The second-order valence-electron chi connectivity index (χ2n) is 2.69. The van der Waals surface area contributed by atoms with Crippen molar-refractivity contribution in [1.82, 2.24) is 10.3 Å². The van der Waals surface area contributed by atoms with Crippen molar-refractivity contribution in [2.24, 2.45) is 5.73 Å². The number of carbonyl (C=O) groups is 1. The summed E-state index contributed by atoms with van der Waals surface area (Å²) in [6, 6.07) is 0. The Morgan fingerprint density at radius 1 is 1.79 bits per heavy atom. The molecule has 14 heavy (non-hydrogen) atoms. The largest absolute Gasteiger partial charge is 0.448 e. The van der Waals surface area contributed by atoms with E-state index in [9.17, 15) is 4.79 Å². The molecule has 0 unspecified atom stereocenters. The molecule has 0 bridgehead atoms. The summed E-state index contributed by atoms with van der Waals surface area (Å²) in [6.07, 6.45) is 1.10. The zero-order valence-corrected chi connectivity index (χ0v) is 8.76. The van der Waals surface area contributed by atoms with Gasteiger partial charge in [-0.1, -0.05) is 0 Å². The molecule has 1 rings (SSSR count). The first kappa shape index (κ1) is 10.9. The molecule has 1 amide bonds. The summed E-state index contributed by atoms with van der Waals surface area (Å²) in [4.78, 5) is 15.5. The van der Waals surface area contributed by atoms with Crippen LogP contribution in [0.2, 0.25) is 0 Å². The molecule has 0 fully saturated rings. The summed E-state index contributed by atoms with van der Waals surface area (Å²) in [5.74, 6) is 0. The van der Waals surface area contributed by atoms with Crippen LogP contribution in [0.15, 0.2) is 6.20 Å². The smallest absolute Gasteiger partial charge is 0.404 e. The molecule has 6 heteroatoms. The van der Waals surface area contributed by atoms with E-state index < -0.39 is 6.09 Å². The van der Waals surface area contributed by atoms with Crippen LogP contribution in [0.1, 0.15) is 9.88 Å². The Morgan fingerprint density at radius 3 is 3.14 bits per heavy atom. The molecule has 0 radical (unpaired) electrons. The van der Waals surface area contributed by atoms with Gasteiger partial charge in [-0.2, -0.15) is 0 Å². The monoisotopic (exact) mass is 215 g/mol. The first-order chi connectivity index (χ1) is 6.68. The van der Waals surface area contributed by atoms with Crippen molar-refractivity contribution in [2.75, 3.05) is 13.2 Å². The highest BCUT2D eigenvalue weighted by Gasteiger charge is 1.97. The number of carbonyl (C=O) groups excluding carboxylic acids is 1. The second-order valence-corrected chi connectivity index (χ2v) is 4.01. The minimum absolute atomic E-state index is 0.299. The summed E-state index contributed by atoms with van der Waals surface area (Å²) in [7, 11) is 0. The van der Waals surface area contributed by atoms with Gasteiger partial charge in [0.15, 0.2) is 0 Å². The van der Waals surface area contributed by atoms with Crippen molar-refractivity contribution in [3.63, 3.8) is 0 Å². The van der Waals surface area contributed by atoms with Gasteiger partial charge in [-0.15, -0.1) is 11.3 Å². The zero-order chi connectivity index (χ0) is 10.4. The normalized spacial score (nSPS) is 10.1. The number of rotatable bonds is 5. The summed E-state index contributed by atoms with van der Waals surface area (Å²) in [5, 5.41) is 4.16. The van der Waals surface area contributed by atoms with Gasteiger partial charge in [-0.25, -0.2) is 9.78 Å². The number of thiazole rings is 1. The Hall–Kier alpha value is -1.14. The lowest BCUT2D eigenvalue weighted by Crippen LogP contribution is -2.22. The number of nitrogens with one attached hydrogen (secondary N) is 1. The first-order valence-corrected chi connectivity index (χ1v) is 5.04. The van der Waals surface area contributed by atoms with Gasteiger partial charge in [-0.05, 0) is 6.92 Å². The van der Waals surface area contributed by atoms with Crippen LogP contribution in [0.3, 0.4) is 0 Å². The highest BCUT2D eigenvalue weighted by molar-refractivity contribution is 7.11. The maximum absolute atomic E-state index is 10.2. The molecule has 0 aromatic carbocycles. The maximum atomic E-state index is 10.2. The Morgan fingerprint density at radius 2 is 2.57 bits per heavy atom. The van der Waals surface area contributed by atoms with Crippen LogP contribution in [0.25, 0.3) is 0 Å². The Kier molecular flexibility index (Phi) is 4.34. The number of nitrogens with two attached hydrogens (primary N) is 1. The molecule has 3 N–H and O–H groups in total. The van der Waals surface area contributed by atoms with E-state index in [1.54, 1.807) is 11.3 Å². The summed E-state index contributed by atoms with van der Waals surface area (Å²) in [6.45, 7) is 3.60. The van der Waals surface area contributed by atoms with Crippen LogP contribution in [0, 0.1) is 6.92 Å². The molecule has 0 saturated heterocycles. The summed E-state index contributed by atoms with van der Waals surface area (Å²) >= 11 is 1.65. The number of aryl methyl sites for hydroxylation is 1. The molecule has 1 aromatic rings. The van der Waals surface area contributed by atoms with E-state index in [2.05, 4.69) is 15.0 Å². The van der Waals surface area contributed by atoms with Crippen molar-refractivity contribution >= 4 is 17.4 Å². The lowest BCUT2D eigenvalue weighted by atomic mass is 10.5. The maximum Gasteiger partial charge on any atom is 0.404 e. The molecule has 1 aromatic heterocycles. The number of amides is 1. The van der Waals surface area contributed by atoms with Gasteiger partial charge in [0.2, 0.25) is 0 Å². The molecule has 0 aliphatic carbocycles. The van der Waals surface area contributed by atoms with Crippen LogP contribution in [-0.4, -0.2) is 24.2 Å². The third-order valence-electron chi connectivity index (χ3n) is 1.49. The van der Waals surface area contributed by atoms with E-state index in [0.717, 1.165) is 11.6 Å². The predicted octanol–water partition coefficient (Wildman–Crippen LogP) is 0.636. The van der Waals surface area contributed by atoms with E-state index in [0.29, 0.717) is 13.2 Å². The fraction of sp³-hybridized carbons (Fsp3) is 0.500. The molecule has 5 nitrogen and oxygen atoms in total. The molecule has 0 aliphatic rings. The summed E-state index contributed by atoms with van der Waals surface area (Å²) < 4.78 is 4.55. The third kappa shape index (κ3) is 4.20. The Labute approximate surface area is 86.3 Å². The number of hydrogen-bond donors (Lipinski definition) is 2. The van der Waals surface area contributed by atoms with Crippen LogP contribution >= 0.6 is 11.3 Å². The number of primary amides is 1. The number of nitrogens with zero attached hydrogens (tertiary/aromatic N) is 1. The van der Waals surface area contributed by atoms with Gasteiger partial charge in [0.05, 0.1) is 5.01 Å². The van der Waals surface area contributed by atoms with Crippen LogP contribution in [0.5, 0.6) is 0 Å². The minimum atomic E-state index is -0.736. The third-order valence-corrected chi connectivity index (χ3v) is 2.40. The molecular formula is C8H13N3O2S. The van der Waals surface area contributed by atoms with Gasteiger partial charge in [0.1, 0.15) is 6.61 Å². The SMILES string of the molecule is Cc1ncc(CNCCOC(N)=O)s1. The highest BCUT2D eigenvalue weighted by Crippen LogP contribution is 2.10. The standard InChI is InChI=1S/C8H13N3O2S/c1-6-11-5-7(14-6)4-10-2-3-13-8(9)12/h5,10H,2-4H2,1H3,(H2,9,12). The number of hydrogen-bond acceptors (Lipinski definition) is 5. The lowest BCUT2D eigenvalue weighted by Gasteiger charge is -2.02. The van der Waals surface area contributed by atoms with Gasteiger partial charge in [0.25, 0.3) is 0 Å². The number of ether oxygens (including phenoxy) is 1. The topological polar surface area (TPSA) is 77.2 Å². The molecule has 0 saturated carbocycles.